The molecule has 8 nitrogen and oxygen atoms in total. The molecule has 0 bridgehead atoms. The van der Waals surface area contributed by atoms with Gasteiger partial charge in [-0.1, -0.05) is 30.3 Å². The minimum atomic E-state index is -5.58. The summed E-state index contributed by atoms with van der Waals surface area (Å²) in [4.78, 5) is 34.0. The van der Waals surface area contributed by atoms with E-state index >= 15 is 0 Å². The maximum absolute atomic E-state index is 12.3. The van der Waals surface area contributed by atoms with E-state index in [1.807, 2.05) is 0 Å². The first-order chi connectivity index (χ1) is 11.3. The largest absolute Gasteiger partial charge is 1.00 e. The van der Waals surface area contributed by atoms with Crippen LogP contribution in [-0.4, -0.2) is 10.2 Å². The number of benzene rings is 2. The van der Waals surface area contributed by atoms with Crippen LogP contribution in [0.3, 0.4) is 0 Å². The maximum atomic E-state index is 12.3. The molecule has 0 unspecified atom stereocenters. The molecule has 0 aliphatic rings. The number of fused-ring (bicyclic) bond motifs is 1. The first-order valence-corrected chi connectivity index (χ1v) is 8.02. The second-order valence-corrected chi connectivity index (χ2v) is 5.90. The minimum Gasteiger partial charge on any atom is -0.780 e. The zero-order valence-electron chi connectivity index (χ0n) is 13.8. The molecule has 2 N–H and O–H groups in total. The Morgan fingerprint density at radius 3 is 2.23 bits per heavy atom. The van der Waals surface area contributed by atoms with Crippen LogP contribution in [0.5, 0.6) is 17.2 Å². The summed E-state index contributed by atoms with van der Waals surface area (Å²) in [5.74, 6) is -2.67. The van der Waals surface area contributed by atoms with Gasteiger partial charge in [0.25, 0.3) is 0 Å². The van der Waals surface area contributed by atoms with Crippen molar-refractivity contribution in [2.24, 2.45) is 0 Å². The van der Waals surface area contributed by atoms with Gasteiger partial charge in [-0.3, -0.25) is 4.79 Å². The molecule has 0 fully saturated rings. The summed E-state index contributed by atoms with van der Waals surface area (Å²) in [6.45, 7) is 0. The van der Waals surface area contributed by atoms with Gasteiger partial charge in [0.05, 0.1) is 0 Å². The predicted molar refractivity (Wildman–Crippen MR) is 79.5 cm³/mol. The smallest absolute Gasteiger partial charge is 0.780 e. The maximum Gasteiger partial charge on any atom is 1.00 e. The second-order valence-electron chi connectivity index (χ2n) is 4.83. The van der Waals surface area contributed by atoms with Crippen molar-refractivity contribution in [3.05, 3.63) is 52.7 Å². The molecule has 0 radical (unpaired) electrons. The zero-order chi connectivity index (χ0) is 17.5. The molecule has 1 aromatic heterocycles. The minimum absolute atomic E-state index is 0. The van der Waals surface area contributed by atoms with Gasteiger partial charge in [-0.05, 0) is 0 Å². The third-order valence-corrected chi connectivity index (χ3v) is 3.60. The summed E-state index contributed by atoms with van der Waals surface area (Å²) >= 11 is 0. The standard InChI is InChI=1S/C15H11O8P.2Na/c16-9-6-11(8-4-2-1-3-5-8)22-12-7-10(17)14(18)15(13(9)12)23-24(19,20)21;;/h1-7,17-18H,(H2,19,20,21);;/q;2*+1/p-2. The number of phosphoric ester groups is 1. The van der Waals surface area contributed by atoms with Gasteiger partial charge in [0.1, 0.15) is 24.6 Å². The molecule has 2 aromatic carbocycles. The first kappa shape index (κ1) is 23.2. The van der Waals surface area contributed by atoms with Gasteiger partial charge in [0.15, 0.2) is 16.9 Å². The van der Waals surface area contributed by atoms with Crippen LogP contribution in [0.2, 0.25) is 0 Å². The molecular weight excluding hydrogens is 385 g/mol. The Kier molecular flexibility index (Phi) is 7.98. The molecule has 0 saturated carbocycles. The summed E-state index contributed by atoms with van der Waals surface area (Å²) in [5, 5.41) is 18.9. The molecule has 11 heteroatoms. The molecule has 0 atom stereocenters. The third kappa shape index (κ3) is 4.92. The van der Waals surface area contributed by atoms with Crippen molar-refractivity contribution in [1.82, 2.24) is 0 Å². The summed E-state index contributed by atoms with van der Waals surface area (Å²) in [7, 11) is -5.58. The van der Waals surface area contributed by atoms with E-state index in [1.54, 1.807) is 30.3 Å². The summed E-state index contributed by atoms with van der Waals surface area (Å²) < 4.78 is 20.4. The Morgan fingerprint density at radius 1 is 1.04 bits per heavy atom. The van der Waals surface area contributed by atoms with Gasteiger partial charge in [0, 0.05) is 17.7 Å². The van der Waals surface area contributed by atoms with Crippen LogP contribution in [0.15, 0.2) is 51.7 Å². The fourth-order valence-electron chi connectivity index (χ4n) is 2.21. The van der Waals surface area contributed by atoms with Gasteiger partial charge in [-0.15, -0.1) is 0 Å². The molecular formula is C15H9Na2O8P. The summed E-state index contributed by atoms with van der Waals surface area (Å²) in [6, 6.07) is 10.5. The molecule has 1 heterocycles. The summed E-state index contributed by atoms with van der Waals surface area (Å²) in [6.07, 6.45) is 0. The summed E-state index contributed by atoms with van der Waals surface area (Å²) in [5.41, 5.74) is -0.446. The molecule has 0 amide bonds. The molecule has 3 rings (SSSR count). The monoisotopic (exact) mass is 394 g/mol. The van der Waals surface area contributed by atoms with Crippen molar-refractivity contribution < 1.29 is 92.6 Å². The number of phenols is 2. The first-order valence-electron chi connectivity index (χ1n) is 6.56. The number of phenolic OH excluding ortho intramolecular Hbond substituents is 2. The Labute approximate surface area is 191 Å². The number of hydrogen-bond acceptors (Lipinski definition) is 8. The Hall–Kier alpha value is -0.800. The van der Waals surface area contributed by atoms with E-state index in [9.17, 15) is 29.4 Å². The van der Waals surface area contributed by atoms with E-state index in [1.165, 1.54) is 0 Å². The quantitative estimate of drug-likeness (QED) is 0.256. The molecule has 0 aliphatic carbocycles. The van der Waals surface area contributed by atoms with Crippen LogP contribution in [-0.2, 0) is 4.57 Å². The van der Waals surface area contributed by atoms with Crippen molar-refractivity contribution in [3.8, 4) is 28.6 Å². The molecule has 124 valence electrons. The van der Waals surface area contributed by atoms with E-state index in [0.717, 1.165) is 12.1 Å². The van der Waals surface area contributed by atoms with Crippen LogP contribution in [0.25, 0.3) is 22.3 Å². The Balaban J connectivity index is 0.00000169. The number of phosphoric acid groups is 1. The molecule has 3 aromatic rings. The number of rotatable bonds is 3. The molecule has 0 saturated heterocycles. The van der Waals surface area contributed by atoms with E-state index < -0.39 is 35.9 Å². The van der Waals surface area contributed by atoms with Crippen molar-refractivity contribution in [1.29, 1.82) is 0 Å². The van der Waals surface area contributed by atoms with Crippen LogP contribution in [0.4, 0.5) is 0 Å². The van der Waals surface area contributed by atoms with Gasteiger partial charge in [-0.2, -0.15) is 0 Å². The Bertz CT molecular complexity index is 1030. The average molecular weight is 394 g/mol. The van der Waals surface area contributed by atoms with Crippen molar-refractivity contribution >= 4 is 18.8 Å². The van der Waals surface area contributed by atoms with Gasteiger partial charge in [-0.25, -0.2) is 0 Å². The van der Waals surface area contributed by atoms with Crippen molar-refractivity contribution in [2.45, 2.75) is 0 Å². The van der Waals surface area contributed by atoms with E-state index in [0.29, 0.717) is 5.56 Å². The van der Waals surface area contributed by atoms with Crippen molar-refractivity contribution in [2.75, 3.05) is 0 Å². The average Bonchev–Trinajstić information content (AvgIpc) is 2.51. The number of aromatic hydroxyl groups is 2. The molecule has 0 spiro atoms. The SMILES string of the molecule is O=c1cc(-c2ccccc2)oc2cc(O)c(O)c(OP(=O)([O-])[O-])c12.[Na+].[Na+]. The fraction of sp³-hybridized carbons (Fsp3) is 0. The zero-order valence-corrected chi connectivity index (χ0v) is 18.7. The van der Waals surface area contributed by atoms with Gasteiger partial charge in [0.2, 0.25) is 5.75 Å². The Morgan fingerprint density at radius 2 is 1.65 bits per heavy atom. The fourth-order valence-corrected chi connectivity index (χ4v) is 2.61. The van der Waals surface area contributed by atoms with E-state index in [2.05, 4.69) is 4.52 Å². The number of hydrogen-bond donors (Lipinski definition) is 2. The topological polar surface area (TPSA) is 143 Å². The van der Waals surface area contributed by atoms with Crippen molar-refractivity contribution in [3.63, 3.8) is 0 Å². The normalized spacial score (nSPS) is 10.7. The van der Waals surface area contributed by atoms with Crippen LogP contribution in [0.1, 0.15) is 0 Å². The van der Waals surface area contributed by atoms with Crippen LogP contribution >= 0.6 is 7.82 Å². The van der Waals surface area contributed by atoms with Crippen LogP contribution < -0.4 is 78.9 Å². The predicted octanol–water partition coefficient (Wildman–Crippen LogP) is -4.91. The van der Waals surface area contributed by atoms with Gasteiger partial charge < -0.3 is 33.5 Å². The molecule has 26 heavy (non-hydrogen) atoms. The van der Waals surface area contributed by atoms with E-state index in [4.69, 9.17) is 4.42 Å². The van der Waals surface area contributed by atoms with Crippen LogP contribution in [0, 0.1) is 0 Å². The molecule has 0 aliphatic heterocycles. The third-order valence-electron chi connectivity index (χ3n) is 3.19. The van der Waals surface area contributed by atoms with Gasteiger partial charge >= 0.3 is 59.1 Å². The van der Waals surface area contributed by atoms with E-state index in [-0.39, 0.29) is 70.5 Å². The second kappa shape index (κ2) is 8.93.